The molecule has 0 radical (unpaired) electrons. The molecule has 2 N–H and O–H groups in total. The lowest BCUT2D eigenvalue weighted by molar-refractivity contribution is -0.121. The summed E-state index contributed by atoms with van der Waals surface area (Å²) < 4.78 is 0. The number of phenols is 1. The molecule has 0 spiro atoms. The van der Waals surface area contributed by atoms with Crippen LogP contribution in [0.5, 0.6) is 5.75 Å². The summed E-state index contributed by atoms with van der Waals surface area (Å²) in [5, 5.41) is 14.7. The molecule has 0 bridgehead atoms. The zero-order chi connectivity index (χ0) is 19.3. The van der Waals surface area contributed by atoms with Gasteiger partial charge in [-0.2, -0.15) is 0 Å². The molecule has 1 aliphatic heterocycles. The Balaban J connectivity index is 1.35. The average Bonchev–Trinajstić information content (AvgIpc) is 3.24. The van der Waals surface area contributed by atoms with Gasteiger partial charge in [-0.1, -0.05) is 24.3 Å². The number of nitrogens with one attached hydrogen (secondary N) is 1. The highest BCUT2D eigenvalue weighted by molar-refractivity contribution is 7.07. The molecule has 2 aromatic carbocycles. The highest BCUT2D eigenvalue weighted by atomic mass is 32.1. The van der Waals surface area contributed by atoms with E-state index in [0.717, 1.165) is 55.0 Å². The standard InChI is InChI=1S/C22H23N3O2S/c26-20-5-1-3-16(11-20)12-25-10-2-4-18(13-25)22(27)24-19-8-6-17(7-9-19)21-14-28-15-23-21/h1,3,5-9,11,14-15,18,26H,2,4,10,12-13H2,(H,24,27). The lowest BCUT2D eigenvalue weighted by Gasteiger charge is -2.32. The fourth-order valence-corrected chi connectivity index (χ4v) is 4.21. The molecule has 4 rings (SSSR count). The number of hydrogen-bond acceptors (Lipinski definition) is 5. The first-order valence-electron chi connectivity index (χ1n) is 9.47. The van der Waals surface area contributed by atoms with Gasteiger partial charge in [0.15, 0.2) is 0 Å². The first kappa shape index (κ1) is 18.7. The van der Waals surface area contributed by atoms with Crippen LogP contribution in [-0.2, 0) is 11.3 Å². The molecule has 1 aliphatic rings. The van der Waals surface area contributed by atoms with Crippen molar-refractivity contribution in [3.8, 4) is 17.0 Å². The van der Waals surface area contributed by atoms with E-state index in [1.54, 1.807) is 23.5 Å². The third-order valence-corrected chi connectivity index (χ3v) is 5.66. The van der Waals surface area contributed by atoms with Crippen LogP contribution in [0, 0.1) is 5.92 Å². The third-order valence-electron chi connectivity index (χ3n) is 5.07. The van der Waals surface area contributed by atoms with Crippen LogP contribution in [0.25, 0.3) is 11.3 Å². The predicted molar refractivity (Wildman–Crippen MR) is 112 cm³/mol. The summed E-state index contributed by atoms with van der Waals surface area (Å²) in [5.74, 6) is 0.330. The third kappa shape index (κ3) is 4.58. The summed E-state index contributed by atoms with van der Waals surface area (Å²) in [6.07, 6.45) is 1.90. The Hall–Kier alpha value is -2.70. The second-order valence-corrected chi connectivity index (χ2v) is 7.90. The van der Waals surface area contributed by atoms with Crippen molar-refractivity contribution in [2.24, 2.45) is 5.92 Å². The molecule has 2 heterocycles. The van der Waals surface area contributed by atoms with Crippen molar-refractivity contribution < 1.29 is 9.90 Å². The smallest absolute Gasteiger partial charge is 0.228 e. The quantitative estimate of drug-likeness (QED) is 0.676. The second-order valence-electron chi connectivity index (χ2n) is 7.18. The zero-order valence-electron chi connectivity index (χ0n) is 15.5. The van der Waals surface area contributed by atoms with Crippen molar-refractivity contribution in [1.82, 2.24) is 9.88 Å². The lowest BCUT2D eigenvalue weighted by Crippen LogP contribution is -2.40. The highest BCUT2D eigenvalue weighted by Crippen LogP contribution is 2.24. The number of hydrogen-bond donors (Lipinski definition) is 2. The van der Waals surface area contributed by atoms with Crippen LogP contribution < -0.4 is 5.32 Å². The normalized spacial score (nSPS) is 17.4. The van der Waals surface area contributed by atoms with Crippen molar-refractivity contribution in [2.45, 2.75) is 19.4 Å². The number of carbonyl (C=O) groups is 1. The van der Waals surface area contributed by atoms with Crippen molar-refractivity contribution in [3.63, 3.8) is 0 Å². The van der Waals surface area contributed by atoms with Gasteiger partial charge in [-0.25, -0.2) is 4.98 Å². The number of amides is 1. The van der Waals surface area contributed by atoms with Gasteiger partial charge in [0.1, 0.15) is 5.75 Å². The molecule has 144 valence electrons. The van der Waals surface area contributed by atoms with Gasteiger partial charge in [-0.3, -0.25) is 9.69 Å². The van der Waals surface area contributed by atoms with Crippen LogP contribution in [0.1, 0.15) is 18.4 Å². The van der Waals surface area contributed by atoms with Crippen molar-refractivity contribution in [1.29, 1.82) is 0 Å². The Morgan fingerprint density at radius 3 is 2.86 bits per heavy atom. The van der Waals surface area contributed by atoms with E-state index in [1.807, 2.05) is 47.3 Å². The summed E-state index contributed by atoms with van der Waals surface area (Å²) in [6, 6.07) is 15.2. The molecule has 1 unspecified atom stereocenters. The number of benzene rings is 2. The maximum absolute atomic E-state index is 12.7. The van der Waals surface area contributed by atoms with Crippen LogP contribution in [0.2, 0.25) is 0 Å². The molecule has 1 amide bonds. The summed E-state index contributed by atoms with van der Waals surface area (Å²) in [6.45, 7) is 2.46. The van der Waals surface area contributed by atoms with Gasteiger partial charge >= 0.3 is 0 Å². The summed E-state index contributed by atoms with van der Waals surface area (Å²) in [4.78, 5) is 19.3. The second kappa shape index (κ2) is 8.54. The number of anilines is 1. The number of carbonyl (C=O) groups excluding carboxylic acids is 1. The molecule has 0 aliphatic carbocycles. The molecule has 0 saturated carbocycles. The Labute approximate surface area is 168 Å². The number of thiazole rings is 1. The zero-order valence-corrected chi connectivity index (χ0v) is 16.4. The number of rotatable bonds is 5. The molecule has 1 atom stereocenters. The molecule has 6 heteroatoms. The van der Waals surface area contributed by atoms with Crippen LogP contribution in [0.4, 0.5) is 5.69 Å². The van der Waals surface area contributed by atoms with Gasteiger partial charge in [-0.15, -0.1) is 11.3 Å². The summed E-state index contributed by atoms with van der Waals surface area (Å²) >= 11 is 1.57. The Morgan fingerprint density at radius 1 is 1.25 bits per heavy atom. The van der Waals surface area contributed by atoms with E-state index in [4.69, 9.17) is 0 Å². The van der Waals surface area contributed by atoms with Crippen molar-refractivity contribution in [3.05, 3.63) is 65.0 Å². The number of phenolic OH excluding ortho intramolecular Hbond substituents is 1. The van der Waals surface area contributed by atoms with Gasteiger partial charge in [-0.05, 0) is 49.2 Å². The largest absolute Gasteiger partial charge is 0.508 e. The van der Waals surface area contributed by atoms with Crippen molar-refractivity contribution >= 4 is 22.9 Å². The number of nitrogens with zero attached hydrogens (tertiary/aromatic N) is 2. The maximum Gasteiger partial charge on any atom is 0.228 e. The number of aromatic hydroxyl groups is 1. The number of aromatic nitrogens is 1. The Morgan fingerprint density at radius 2 is 2.11 bits per heavy atom. The summed E-state index contributed by atoms with van der Waals surface area (Å²) in [7, 11) is 0. The monoisotopic (exact) mass is 393 g/mol. The molecule has 28 heavy (non-hydrogen) atoms. The van der Waals surface area contributed by atoms with E-state index in [2.05, 4.69) is 15.2 Å². The molecule has 1 aromatic heterocycles. The molecule has 3 aromatic rings. The van der Waals surface area contributed by atoms with E-state index in [0.29, 0.717) is 0 Å². The first-order chi connectivity index (χ1) is 13.7. The van der Waals surface area contributed by atoms with Crippen molar-refractivity contribution in [2.75, 3.05) is 18.4 Å². The highest BCUT2D eigenvalue weighted by Gasteiger charge is 2.26. The summed E-state index contributed by atoms with van der Waals surface area (Å²) in [5.41, 5.74) is 5.70. The minimum absolute atomic E-state index is 0.0238. The van der Waals surface area contributed by atoms with Gasteiger partial charge in [0.05, 0.1) is 17.1 Å². The maximum atomic E-state index is 12.7. The fourth-order valence-electron chi connectivity index (χ4n) is 3.65. The predicted octanol–water partition coefficient (Wildman–Crippen LogP) is 4.37. The van der Waals surface area contributed by atoms with E-state index in [9.17, 15) is 9.90 Å². The van der Waals surface area contributed by atoms with Crippen LogP contribution in [0.3, 0.4) is 0 Å². The topological polar surface area (TPSA) is 65.5 Å². The van der Waals surface area contributed by atoms with Crippen LogP contribution in [-0.4, -0.2) is 34.0 Å². The molecule has 1 fully saturated rings. The Bertz CT molecular complexity index is 925. The average molecular weight is 394 g/mol. The van der Waals surface area contributed by atoms with Gasteiger partial charge in [0, 0.05) is 29.7 Å². The molecular formula is C22H23N3O2S. The minimum Gasteiger partial charge on any atom is -0.508 e. The number of likely N-dealkylation sites (tertiary alicyclic amines) is 1. The minimum atomic E-state index is -0.0238. The van der Waals surface area contributed by atoms with Crippen LogP contribution >= 0.6 is 11.3 Å². The lowest BCUT2D eigenvalue weighted by atomic mass is 9.96. The van der Waals surface area contributed by atoms with E-state index in [-0.39, 0.29) is 17.6 Å². The first-order valence-corrected chi connectivity index (χ1v) is 10.4. The van der Waals surface area contributed by atoms with Crippen LogP contribution in [0.15, 0.2) is 59.4 Å². The molecule has 5 nitrogen and oxygen atoms in total. The number of piperidine rings is 1. The Kier molecular flexibility index (Phi) is 5.69. The van der Waals surface area contributed by atoms with E-state index < -0.39 is 0 Å². The van der Waals surface area contributed by atoms with Gasteiger partial charge in [0.2, 0.25) is 5.91 Å². The van der Waals surface area contributed by atoms with Gasteiger partial charge < -0.3 is 10.4 Å². The molecular weight excluding hydrogens is 370 g/mol. The fraction of sp³-hybridized carbons (Fsp3) is 0.273. The van der Waals surface area contributed by atoms with E-state index in [1.165, 1.54) is 0 Å². The van der Waals surface area contributed by atoms with Gasteiger partial charge in [0.25, 0.3) is 0 Å². The van der Waals surface area contributed by atoms with E-state index >= 15 is 0 Å². The molecule has 1 saturated heterocycles. The SMILES string of the molecule is O=C(Nc1ccc(-c2cscn2)cc1)C1CCCN(Cc2cccc(O)c2)C1.